The first kappa shape index (κ1) is 28.1. The minimum absolute atomic E-state index is 0.195. The fourth-order valence-corrected chi connectivity index (χ4v) is 4.97. The monoisotopic (exact) mass is 585 g/mol. The number of alkyl halides is 3. The molecule has 2 unspecified atom stereocenters. The molecule has 2 atom stereocenters. The van der Waals surface area contributed by atoms with E-state index in [2.05, 4.69) is 0 Å². The van der Waals surface area contributed by atoms with Crippen molar-refractivity contribution >= 4 is 46.7 Å². The molecule has 3 aromatic rings. The third kappa shape index (κ3) is 6.03. The Morgan fingerprint density at radius 1 is 0.974 bits per heavy atom. The van der Waals surface area contributed by atoms with Crippen LogP contribution in [0.2, 0.25) is 15.1 Å². The number of ether oxygens (including phenoxy) is 2. The SMILES string of the molecule is COC(=O)C1CCCN1C(=O)c1ccc(OC(c2ccc(Cl)cc2)c2ccc(Cl)cc2Cl)c(C(F)(F)F)c1. The van der Waals surface area contributed by atoms with Gasteiger partial charge in [0.05, 0.1) is 12.7 Å². The molecule has 1 heterocycles. The number of amides is 1. The Kier molecular flexibility index (Phi) is 8.45. The van der Waals surface area contributed by atoms with E-state index in [0.717, 1.165) is 12.1 Å². The topological polar surface area (TPSA) is 55.8 Å². The van der Waals surface area contributed by atoms with Gasteiger partial charge in [0.1, 0.15) is 11.8 Å². The minimum atomic E-state index is -4.85. The first-order valence-electron chi connectivity index (χ1n) is 11.5. The number of benzene rings is 3. The number of nitrogens with zero attached hydrogens (tertiary/aromatic N) is 1. The maximum atomic E-state index is 14.2. The molecule has 0 radical (unpaired) electrons. The van der Waals surface area contributed by atoms with Gasteiger partial charge in [0.2, 0.25) is 0 Å². The number of carbonyl (C=O) groups is 2. The molecule has 0 N–H and O–H groups in total. The number of likely N-dealkylation sites (tertiary alicyclic amines) is 1. The molecule has 200 valence electrons. The average molecular weight is 587 g/mol. The summed E-state index contributed by atoms with van der Waals surface area (Å²) in [5, 5.41) is 0.973. The second-order valence-electron chi connectivity index (χ2n) is 8.60. The Bertz CT molecular complexity index is 1350. The largest absolute Gasteiger partial charge is 0.480 e. The predicted octanol–water partition coefficient (Wildman–Crippen LogP) is 7.61. The molecule has 1 amide bonds. The lowest BCUT2D eigenvalue weighted by Crippen LogP contribution is -2.41. The lowest BCUT2D eigenvalue weighted by atomic mass is 10.0. The zero-order chi connectivity index (χ0) is 27.6. The quantitative estimate of drug-likeness (QED) is 0.279. The van der Waals surface area contributed by atoms with Gasteiger partial charge in [-0.15, -0.1) is 0 Å². The molecule has 1 saturated heterocycles. The minimum Gasteiger partial charge on any atom is -0.480 e. The lowest BCUT2D eigenvalue weighted by molar-refractivity contribution is -0.145. The van der Waals surface area contributed by atoms with Gasteiger partial charge in [0.15, 0.2) is 6.10 Å². The molecular weight excluding hydrogens is 566 g/mol. The fraction of sp³-hybridized carbons (Fsp3) is 0.259. The normalized spacial score (nSPS) is 16.3. The molecule has 5 nitrogen and oxygen atoms in total. The van der Waals surface area contributed by atoms with Crippen molar-refractivity contribution in [3.8, 4) is 5.75 Å². The Balaban J connectivity index is 1.75. The molecule has 1 aliphatic heterocycles. The summed E-state index contributed by atoms with van der Waals surface area (Å²) in [5.41, 5.74) is -0.510. The maximum Gasteiger partial charge on any atom is 0.419 e. The van der Waals surface area contributed by atoms with E-state index in [1.54, 1.807) is 36.4 Å². The lowest BCUT2D eigenvalue weighted by Gasteiger charge is -2.25. The van der Waals surface area contributed by atoms with Gasteiger partial charge < -0.3 is 14.4 Å². The van der Waals surface area contributed by atoms with Crippen LogP contribution in [0.15, 0.2) is 60.7 Å². The molecule has 0 aliphatic carbocycles. The summed E-state index contributed by atoms with van der Waals surface area (Å²) in [6.07, 6.45) is -5.01. The summed E-state index contributed by atoms with van der Waals surface area (Å²) in [6.45, 7) is 0.228. The van der Waals surface area contributed by atoms with E-state index in [-0.39, 0.29) is 17.1 Å². The predicted molar refractivity (Wildman–Crippen MR) is 138 cm³/mol. The first-order valence-corrected chi connectivity index (χ1v) is 12.6. The van der Waals surface area contributed by atoms with E-state index in [0.29, 0.717) is 34.0 Å². The van der Waals surface area contributed by atoms with Crippen molar-refractivity contribution < 1.29 is 32.2 Å². The van der Waals surface area contributed by atoms with Crippen molar-refractivity contribution in [3.63, 3.8) is 0 Å². The van der Waals surface area contributed by atoms with E-state index in [1.807, 2.05) is 0 Å². The number of carbonyl (C=O) groups excluding carboxylic acids is 2. The van der Waals surface area contributed by atoms with Crippen LogP contribution in [0.1, 0.15) is 46.0 Å². The summed E-state index contributed by atoms with van der Waals surface area (Å²) < 4.78 is 53.4. The third-order valence-corrected chi connectivity index (χ3v) is 7.00. The van der Waals surface area contributed by atoms with Crippen LogP contribution in [0.25, 0.3) is 0 Å². The number of hydrogen-bond acceptors (Lipinski definition) is 4. The van der Waals surface area contributed by atoms with E-state index in [4.69, 9.17) is 44.3 Å². The first-order chi connectivity index (χ1) is 18.0. The van der Waals surface area contributed by atoms with Gasteiger partial charge >= 0.3 is 12.1 Å². The van der Waals surface area contributed by atoms with Crippen molar-refractivity contribution in [1.82, 2.24) is 4.90 Å². The Morgan fingerprint density at radius 3 is 2.29 bits per heavy atom. The highest BCUT2D eigenvalue weighted by Gasteiger charge is 2.39. The number of rotatable bonds is 6. The van der Waals surface area contributed by atoms with Crippen molar-refractivity contribution in [3.05, 3.63) is 98.0 Å². The van der Waals surface area contributed by atoms with Crippen molar-refractivity contribution in [2.75, 3.05) is 13.7 Å². The Labute approximate surface area is 232 Å². The number of methoxy groups -OCH3 is 1. The summed E-state index contributed by atoms with van der Waals surface area (Å²) in [4.78, 5) is 26.4. The highest BCUT2D eigenvalue weighted by Crippen LogP contribution is 2.41. The van der Waals surface area contributed by atoms with Crippen LogP contribution in [-0.2, 0) is 15.7 Å². The van der Waals surface area contributed by atoms with Gasteiger partial charge in [-0.25, -0.2) is 4.79 Å². The maximum absolute atomic E-state index is 14.2. The molecule has 1 aliphatic rings. The zero-order valence-corrected chi connectivity index (χ0v) is 22.2. The third-order valence-electron chi connectivity index (χ3n) is 6.18. The van der Waals surface area contributed by atoms with Gasteiger partial charge in [-0.3, -0.25) is 4.79 Å². The second kappa shape index (κ2) is 11.4. The van der Waals surface area contributed by atoms with Crippen LogP contribution in [0, 0.1) is 0 Å². The molecule has 3 aromatic carbocycles. The standard InChI is InChI=1S/C27H21Cl3F3NO4/c1-37-26(36)22-3-2-12-34(22)25(35)16-6-11-23(20(13-16)27(31,32)33)38-24(15-4-7-17(28)8-5-15)19-10-9-18(29)14-21(19)30/h4-11,13-14,22,24H,2-3,12H2,1H3. The second-order valence-corrected chi connectivity index (χ2v) is 9.88. The van der Waals surface area contributed by atoms with Crippen LogP contribution in [0.3, 0.4) is 0 Å². The van der Waals surface area contributed by atoms with Crippen molar-refractivity contribution in [1.29, 1.82) is 0 Å². The van der Waals surface area contributed by atoms with Crippen LogP contribution < -0.4 is 4.74 Å². The van der Waals surface area contributed by atoms with Crippen LogP contribution in [0.5, 0.6) is 5.75 Å². The van der Waals surface area contributed by atoms with Crippen molar-refractivity contribution in [2.45, 2.75) is 31.2 Å². The van der Waals surface area contributed by atoms with Gasteiger partial charge in [-0.2, -0.15) is 13.2 Å². The molecule has 0 spiro atoms. The molecule has 11 heteroatoms. The summed E-state index contributed by atoms with van der Waals surface area (Å²) in [7, 11) is 1.20. The van der Waals surface area contributed by atoms with Gasteiger partial charge in [-0.1, -0.05) is 53.0 Å². The zero-order valence-electron chi connectivity index (χ0n) is 19.9. The number of hydrogen-bond donors (Lipinski definition) is 0. The number of esters is 1. The Hall–Kier alpha value is -2.94. The highest BCUT2D eigenvalue weighted by atomic mass is 35.5. The van der Waals surface area contributed by atoms with E-state index < -0.39 is 41.5 Å². The smallest absolute Gasteiger partial charge is 0.419 e. The summed E-state index contributed by atoms with van der Waals surface area (Å²) in [6, 6.07) is 13.2. The molecule has 1 fully saturated rings. The van der Waals surface area contributed by atoms with Gasteiger partial charge in [-0.05, 0) is 60.9 Å². The molecule has 0 aromatic heterocycles. The van der Waals surface area contributed by atoms with Crippen LogP contribution in [0.4, 0.5) is 13.2 Å². The van der Waals surface area contributed by atoms with Gasteiger partial charge in [0.25, 0.3) is 5.91 Å². The van der Waals surface area contributed by atoms with Crippen LogP contribution in [-0.4, -0.2) is 36.5 Å². The molecule has 0 saturated carbocycles. The van der Waals surface area contributed by atoms with Crippen LogP contribution >= 0.6 is 34.8 Å². The van der Waals surface area contributed by atoms with E-state index >= 15 is 0 Å². The molecular formula is C27H21Cl3F3NO4. The molecule has 0 bridgehead atoms. The fourth-order valence-electron chi connectivity index (χ4n) is 4.33. The summed E-state index contributed by atoms with van der Waals surface area (Å²) >= 11 is 18.4. The number of halogens is 6. The Morgan fingerprint density at radius 2 is 1.66 bits per heavy atom. The highest BCUT2D eigenvalue weighted by molar-refractivity contribution is 6.35. The average Bonchev–Trinajstić information content (AvgIpc) is 3.37. The van der Waals surface area contributed by atoms with Gasteiger partial charge in [0, 0.05) is 32.7 Å². The van der Waals surface area contributed by atoms with E-state index in [9.17, 15) is 22.8 Å². The summed E-state index contributed by atoms with van der Waals surface area (Å²) in [5.74, 6) is -1.83. The molecule has 4 rings (SSSR count). The van der Waals surface area contributed by atoms with Crippen molar-refractivity contribution in [2.24, 2.45) is 0 Å². The molecule has 38 heavy (non-hydrogen) atoms. The van der Waals surface area contributed by atoms with E-state index in [1.165, 1.54) is 24.1 Å².